The lowest BCUT2D eigenvalue weighted by Gasteiger charge is -2.17. The zero-order valence-corrected chi connectivity index (χ0v) is 15.4. The molecule has 0 saturated carbocycles. The lowest BCUT2D eigenvalue weighted by Crippen LogP contribution is -2.29. The molecular formula is C19H22FNO4S. The van der Waals surface area contributed by atoms with E-state index in [4.69, 9.17) is 9.47 Å². The van der Waals surface area contributed by atoms with Crippen LogP contribution in [0.1, 0.15) is 12.8 Å². The molecular weight excluding hydrogens is 357 g/mol. The summed E-state index contributed by atoms with van der Waals surface area (Å²) in [6.07, 6.45) is 1.54. The van der Waals surface area contributed by atoms with E-state index >= 15 is 0 Å². The fraction of sp³-hybridized carbons (Fsp3) is 0.368. The van der Waals surface area contributed by atoms with Crippen LogP contribution in [0.4, 0.5) is 4.39 Å². The fourth-order valence-electron chi connectivity index (χ4n) is 3.08. The molecule has 1 aliphatic heterocycles. The molecule has 0 spiro atoms. The van der Waals surface area contributed by atoms with Gasteiger partial charge >= 0.3 is 0 Å². The van der Waals surface area contributed by atoms with E-state index < -0.39 is 15.8 Å². The predicted molar refractivity (Wildman–Crippen MR) is 96.4 cm³/mol. The third-order valence-corrected chi connectivity index (χ3v) is 6.43. The molecule has 1 fully saturated rings. The van der Waals surface area contributed by atoms with Crippen LogP contribution in [0.2, 0.25) is 0 Å². The lowest BCUT2D eigenvalue weighted by atomic mass is 10.1. The maximum absolute atomic E-state index is 13.0. The Morgan fingerprint density at radius 2 is 1.81 bits per heavy atom. The van der Waals surface area contributed by atoms with Gasteiger partial charge in [-0.2, -0.15) is 4.31 Å². The molecule has 0 radical (unpaired) electrons. The third-order valence-electron chi connectivity index (χ3n) is 4.55. The highest BCUT2D eigenvalue weighted by Gasteiger charge is 2.32. The Balaban J connectivity index is 1.54. The van der Waals surface area contributed by atoms with Crippen LogP contribution in [0.25, 0.3) is 0 Å². The number of halogens is 1. The molecule has 140 valence electrons. The molecule has 3 rings (SSSR count). The minimum Gasteiger partial charge on any atom is -0.493 e. The Kier molecular flexibility index (Phi) is 5.78. The van der Waals surface area contributed by atoms with Crippen molar-refractivity contribution in [2.45, 2.75) is 17.7 Å². The molecule has 0 aliphatic carbocycles. The minimum absolute atomic E-state index is 0.129. The van der Waals surface area contributed by atoms with Gasteiger partial charge < -0.3 is 9.47 Å². The zero-order chi connectivity index (χ0) is 18.6. The van der Waals surface area contributed by atoms with Crippen LogP contribution >= 0.6 is 0 Å². The van der Waals surface area contributed by atoms with Crippen molar-refractivity contribution in [3.8, 4) is 11.5 Å². The second-order valence-electron chi connectivity index (χ2n) is 6.26. The molecule has 5 nitrogen and oxygen atoms in total. The molecule has 1 heterocycles. The van der Waals surface area contributed by atoms with Crippen molar-refractivity contribution in [1.29, 1.82) is 0 Å². The van der Waals surface area contributed by atoms with Crippen LogP contribution < -0.4 is 9.47 Å². The highest BCUT2D eigenvalue weighted by molar-refractivity contribution is 7.89. The smallest absolute Gasteiger partial charge is 0.243 e. The van der Waals surface area contributed by atoms with Crippen molar-refractivity contribution in [2.75, 3.05) is 26.8 Å². The number of rotatable bonds is 7. The van der Waals surface area contributed by atoms with E-state index in [9.17, 15) is 12.8 Å². The van der Waals surface area contributed by atoms with E-state index in [1.165, 1.54) is 28.6 Å². The molecule has 26 heavy (non-hydrogen) atoms. The van der Waals surface area contributed by atoms with Crippen molar-refractivity contribution in [1.82, 2.24) is 4.31 Å². The van der Waals surface area contributed by atoms with E-state index in [0.717, 1.165) is 12.8 Å². The molecule has 0 N–H and O–H groups in total. The average molecular weight is 379 g/mol. The first kappa shape index (κ1) is 18.7. The van der Waals surface area contributed by atoms with Gasteiger partial charge in [0.15, 0.2) is 11.5 Å². The van der Waals surface area contributed by atoms with Gasteiger partial charge in [-0.1, -0.05) is 12.1 Å². The monoisotopic (exact) mass is 379 g/mol. The molecule has 2 aromatic rings. The van der Waals surface area contributed by atoms with Gasteiger partial charge in [0, 0.05) is 13.1 Å². The summed E-state index contributed by atoms with van der Waals surface area (Å²) in [7, 11) is -1.98. The number of methoxy groups -OCH3 is 1. The lowest BCUT2D eigenvalue weighted by molar-refractivity contribution is 0.266. The Labute approximate surface area is 153 Å². The Bertz CT molecular complexity index is 839. The molecule has 0 aromatic heterocycles. The first-order valence-corrected chi connectivity index (χ1v) is 9.96. The van der Waals surface area contributed by atoms with Gasteiger partial charge in [-0.25, -0.2) is 12.8 Å². The second kappa shape index (κ2) is 8.05. The molecule has 0 bridgehead atoms. The largest absolute Gasteiger partial charge is 0.493 e. The summed E-state index contributed by atoms with van der Waals surface area (Å²) in [5, 5.41) is 0. The SMILES string of the molecule is COc1ccccc1OCCC1CCN(S(=O)(=O)c2ccc(F)cc2)C1. The van der Waals surface area contributed by atoms with Crippen LogP contribution in [0.5, 0.6) is 11.5 Å². The molecule has 1 aliphatic rings. The predicted octanol–water partition coefficient (Wildman–Crippen LogP) is 3.31. The van der Waals surface area contributed by atoms with Crippen LogP contribution in [-0.4, -0.2) is 39.5 Å². The summed E-state index contributed by atoms with van der Waals surface area (Å²) in [4.78, 5) is 0.129. The molecule has 0 amide bonds. The van der Waals surface area contributed by atoms with Crippen molar-refractivity contribution in [3.05, 3.63) is 54.3 Å². The number of benzene rings is 2. The first-order valence-electron chi connectivity index (χ1n) is 8.52. The topological polar surface area (TPSA) is 55.8 Å². The van der Waals surface area contributed by atoms with Gasteiger partial charge in [0.2, 0.25) is 10.0 Å². The summed E-state index contributed by atoms with van der Waals surface area (Å²) in [6.45, 7) is 1.42. The summed E-state index contributed by atoms with van der Waals surface area (Å²) in [5.41, 5.74) is 0. The summed E-state index contributed by atoms with van der Waals surface area (Å²) in [5.74, 6) is 1.15. The van der Waals surface area contributed by atoms with E-state index in [0.29, 0.717) is 31.2 Å². The number of hydrogen-bond donors (Lipinski definition) is 0. The molecule has 1 unspecified atom stereocenters. The fourth-order valence-corrected chi connectivity index (χ4v) is 4.61. The van der Waals surface area contributed by atoms with Gasteiger partial charge in [-0.3, -0.25) is 0 Å². The van der Waals surface area contributed by atoms with Crippen LogP contribution in [0, 0.1) is 11.7 Å². The van der Waals surface area contributed by atoms with Crippen molar-refractivity contribution in [3.63, 3.8) is 0 Å². The van der Waals surface area contributed by atoms with E-state index in [1.54, 1.807) is 7.11 Å². The molecule has 2 aromatic carbocycles. The molecule has 1 saturated heterocycles. The van der Waals surface area contributed by atoms with Crippen LogP contribution in [-0.2, 0) is 10.0 Å². The normalized spacial score (nSPS) is 18.0. The number of hydrogen-bond acceptors (Lipinski definition) is 4. The zero-order valence-electron chi connectivity index (χ0n) is 14.6. The average Bonchev–Trinajstić information content (AvgIpc) is 3.12. The molecule has 7 heteroatoms. The number of nitrogens with zero attached hydrogens (tertiary/aromatic N) is 1. The van der Waals surface area contributed by atoms with Gasteiger partial charge in [0.05, 0.1) is 18.6 Å². The quantitative estimate of drug-likeness (QED) is 0.741. The standard InChI is InChI=1S/C19H22FNO4S/c1-24-18-4-2-3-5-19(18)25-13-11-15-10-12-21(14-15)26(22,23)17-8-6-16(20)7-9-17/h2-9,15H,10-14H2,1H3. The second-order valence-corrected chi connectivity index (χ2v) is 8.20. The maximum Gasteiger partial charge on any atom is 0.243 e. The van der Waals surface area contributed by atoms with Crippen molar-refractivity contribution >= 4 is 10.0 Å². The highest BCUT2D eigenvalue weighted by Crippen LogP contribution is 2.29. The third kappa shape index (κ3) is 4.16. The maximum atomic E-state index is 13.0. The number of para-hydroxylation sites is 2. The summed E-state index contributed by atoms with van der Waals surface area (Å²) < 4.78 is 50.8. The van der Waals surface area contributed by atoms with Crippen LogP contribution in [0.3, 0.4) is 0 Å². The van der Waals surface area contributed by atoms with Crippen molar-refractivity contribution in [2.24, 2.45) is 5.92 Å². The van der Waals surface area contributed by atoms with Crippen molar-refractivity contribution < 1.29 is 22.3 Å². The Morgan fingerprint density at radius 3 is 2.50 bits per heavy atom. The number of sulfonamides is 1. The van der Waals surface area contributed by atoms with Gasteiger partial charge in [0.1, 0.15) is 5.82 Å². The Hall–Kier alpha value is -2.12. The highest BCUT2D eigenvalue weighted by atomic mass is 32.2. The van der Waals surface area contributed by atoms with E-state index in [-0.39, 0.29) is 10.8 Å². The van der Waals surface area contributed by atoms with Gasteiger partial charge in [-0.15, -0.1) is 0 Å². The van der Waals surface area contributed by atoms with E-state index in [1.807, 2.05) is 24.3 Å². The summed E-state index contributed by atoms with van der Waals surface area (Å²) in [6, 6.07) is 12.4. The van der Waals surface area contributed by atoms with Crippen LogP contribution in [0.15, 0.2) is 53.4 Å². The van der Waals surface area contributed by atoms with Gasteiger partial charge in [-0.05, 0) is 55.2 Å². The minimum atomic E-state index is -3.57. The Morgan fingerprint density at radius 1 is 1.12 bits per heavy atom. The number of ether oxygens (including phenoxy) is 2. The summed E-state index contributed by atoms with van der Waals surface area (Å²) >= 11 is 0. The van der Waals surface area contributed by atoms with Gasteiger partial charge in [0.25, 0.3) is 0 Å². The molecule has 1 atom stereocenters. The van der Waals surface area contributed by atoms with E-state index in [2.05, 4.69) is 0 Å². The first-order chi connectivity index (χ1) is 12.5.